The van der Waals surface area contributed by atoms with Crippen LogP contribution in [0, 0.1) is 28.2 Å². The van der Waals surface area contributed by atoms with E-state index in [4.69, 9.17) is 0 Å². The Bertz CT molecular complexity index is 2310. The van der Waals surface area contributed by atoms with Gasteiger partial charge in [-0.2, -0.15) is 17.5 Å². The summed E-state index contributed by atoms with van der Waals surface area (Å²) in [7, 11) is 0. The van der Waals surface area contributed by atoms with Gasteiger partial charge in [0, 0.05) is 0 Å². The fourth-order valence-electron chi connectivity index (χ4n) is 7.77. The molecule has 56 heavy (non-hydrogen) atoms. The molecule has 0 saturated heterocycles. The standard InChI is InChI=1S/2C24H23.C3H7.CH3.2ClH.Si.Zr/c2*1-16-22(24(2,3)4)15-20-10-7-11-21(23(16)20)19-13-12-17-8-5-6-9-18(17)14-19;1-3-2;;;;;/h2*5-15H,1-4H3;1,3H2,2H3;1H3;2*1H;;/q4*-1;;;;. The van der Waals surface area contributed by atoms with E-state index in [9.17, 15) is 0 Å². The summed E-state index contributed by atoms with van der Waals surface area (Å²) in [6, 6.07) is 48.8. The average molecular weight is 873 g/mol. The molecule has 4 heteroatoms. The molecular weight excluding hydrogens is 815 g/mol. The molecule has 8 aromatic carbocycles. The van der Waals surface area contributed by atoms with Gasteiger partial charge in [0.1, 0.15) is 0 Å². The van der Waals surface area contributed by atoms with Crippen LogP contribution in [0.15, 0.2) is 133 Å². The van der Waals surface area contributed by atoms with Crippen LogP contribution in [0.1, 0.15) is 77.1 Å². The van der Waals surface area contributed by atoms with Crippen LogP contribution in [0.3, 0.4) is 0 Å². The summed E-state index contributed by atoms with van der Waals surface area (Å²) in [6.45, 7) is 26.9. The Kier molecular flexibility index (Phi) is 18.3. The summed E-state index contributed by atoms with van der Waals surface area (Å²) >= 11 is 1.36. The van der Waals surface area contributed by atoms with Gasteiger partial charge in [-0.3, -0.25) is 0 Å². The molecule has 0 atom stereocenters. The fourth-order valence-corrected chi connectivity index (χ4v) is 7.77. The van der Waals surface area contributed by atoms with Crippen LogP contribution in [0.25, 0.3) is 65.3 Å². The molecule has 0 unspecified atom stereocenters. The van der Waals surface area contributed by atoms with Crippen molar-refractivity contribution < 1.29 is 23.3 Å². The van der Waals surface area contributed by atoms with Crippen LogP contribution in [0.5, 0.6) is 0 Å². The Morgan fingerprint density at radius 1 is 0.518 bits per heavy atom. The van der Waals surface area contributed by atoms with Crippen LogP contribution in [-0.2, 0) is 34.2 Å². The predicted molar refractivity (Wildman–Crippen MR) is 254 cm³/mol. The second kappa shape index (κ2) is 20.9. The first kappa shape index (κ1) is 48.9. The zero-order valence-corrected chi connectivity index (χ0v) is 40.0. The molecule has 0 aliphatic carbocycles. The van der Waals surface area contributed by atoms with Crippen molar-refractivity contribution in [3.63, 3.8) is 0 Å². The van der Waals surface area contributed by atoms with E-state index in [0.29, 0.717) is 0 Å². The molecule has 0 fully saturated rings. The molecule has 0 N–H and O–H groups in total. The summed E-state index contributed by atoms with van der Waals surface area (Å²) in [5.74, 6) is 0. The Morgan fingerprint density at radius 3 is 1.16 bits per heavy atom. The number of aryl methyl sites for hydroxylation is 2. The first-order valence-corrected chi connectivity index (χ1v) is 22.9. The normalized spacial score (nSPS) is 10.8. The van der Waals surface area contributed by atoms with Crippen LogP contribution >= 0.6 is 24.8 Å². The summed E-state index contributed by atoms with van der Waals surface area (Å²) in [4.78, 5) is 0. The van der Waals surface area contributed by atoms with E-state index in [1.165, 1.54) is 111 Å². The molecule has 0 nitrogen and oxygen atoms in total. The number of fused-ring (bicyclic) bond motifs is 4. The summed E-state index contributed by atoms with van der Waals surface area (Å²) in [6.07, 6.45) is 1.00. The Balaban J connectivity index is 0.000000331. The minimum atomic E-state index is 0. The molecule has 8 aromatic rings. The second-order valence-corrected chi connectivity index (χ2v) is 16.0. The molecule has 0 spiro atoms. The number of hydrogen-bond acceptors (Lipinski definition) is 0. The summed E-state index contributed by atoms with van der Waals surface area (Å²) in [5, 5.41) is 10.7. The van der Waals surface area contributed by atoms with Crippen LogP contribution in [0.4, 0.5) is 0 Å². The van der Waals surface area contributed by atoms with Gasteiger partial charge in [-0.15, -0.1) is 93.9 Å². The van der Waals surface area contributed by atoms with E-state index in [1.807, 2.05) is 6.92 Å². The third kappa shape index (κ3) is 10.6. The van der Waals surface area contributed by atoms with Gasteiger partial charge in [-0.1, -0.05) is 158 Å². The van der Waals surface area contributed by atoms with Crippen molar-refractivity contribution in [1.82, 2.24) is 0 Å². The molecule has 0 aliphatic heterocycles. The maximum absolute atomic E-state index is 3.49. The van der Waals surface area contributed by atoms with Crippen molar-refractivity contribution in [2.45, 2.75) is 79.6 Å². The van der Waals surface area contributed by atoms with Crippen molar-refractivity contribution >= 4 is 74.8 Å². The van der Waals surface area contributed by atoms with Gasteiger partial charge in [0.15, 0.2) is 0 Å². The molecule has 0 amide bonds. The van der Waals surface area contributed by atoms with Gasteiger partial charge in [0.25, 0.3) is 0 Å². The number of hydrogen-bond donors (Lipinski definition) is 0. The predicted octanol–water partition coefficient (Wildman–Crippen LogP) is 16.1. The van der Waals surface area contributed by atoms with Gasteiger partial charge < -0.3 is 14.4 Å². The van der Waals surface area contributed by atoms with Crippen LogP contribution < -0.4 is 0 Å². The van der Waals surface area contributed by atoms with Crippen LogP contribution in [-0.4, -0.2) is 6.88 Å². The van der Waals surface area contributed by atoms with E-state index in [1.54, 1.807) is 0 Å². The van der Waals surface area contributed by atoms with Crippen LogP contribution in [0.2, 0.25) is 0 Å². The average Bonchev–Trinajstić information content (AvgIpc) is 3.69. The molecule has 0 aromatic heterocycles. The number of halogens is 2. The molecule has 0 saturated carbocycles. The molecular formula is C52H58Cl2SiZr-4. The number of rotatable bonds is 2. The van der Waals surface area contributed by atoms with Crippen molar-refractivity contribution in [2.75, 3.05) is 0 Å². The van der Waals surface area contributed by atoms with Gasteiger partial charge in [-0.25, -0.2) is 0 Å². The van der Waals surface area contributed by atoms with Gasteiger partial charge in [0.2, 0.25) is 0 Å². The minimum absolute atomic E-state index is 0. The van der Waals surface area contributed by atoms with Crippen molar-refractivity contribution in [1.29, 1.82) is 0 Å². The molecule has 292 valence electrons. The van der Waals surface area contributed by atoms with E-state index in [2.05, 4.69) is 203 Å². The second-order valence-electron chi connectivity index (χ2n) is 16.0. The first-order chi connectivity index (χ1) is 25.3. The summed E-state index contributed by atoms with van der Waals surface area (Å²) in [5.41, 5.74) is 11.4. The quantitative estimate of drug-likeness (QED) is 0.120. The Hall–Kier alpha value is -3.26. The topological polar surface area (TPSA) is 0 Å². The first-order valence-electron chi connectivity index (χ1n) is 18.7. The van der Waals surface area contributed by atoms with E-state index < -0.39 is 0 Å². The molecule has 0 heterocycles. The third-order valence-electron chi connectivity index (χ3n) is 10.1. The molecule has 2 radical (unpaired) electrons. The maximum atomic E-state index is 3.49. The third-order valence-corrected chi connectivity index (χ3v) is 10.1. The SMILES string of the molecule is Cc1c(C(C)(C)C)[cH-]c2cccc(-c3ccc4ccccc4c3)c12.Cc1c(C(C)(C)C)[cH-]c2cccc(-c3ccc4ccccc4c3)c12.Cl.Cl.[CH2-]CC.[CH3-].[Si]=[Zr]. The molecule has 8 rings (SSSR count). The number of benzene rings is 6. The van der Waals surface area contributed by atoms with Gasteiger partial charge in [0.05, 0.1) is 0 Å². The van der Waals surface area contributed by atoms with Crippen molar-refractivity contribution in [3.05, 3.63) is 170 Å². The van der Waals surface area contributed by atoms with E-state index in [0.717, 1.165) is 6.42 Å². The zero-order chi connectivity index (χ0) is 38.5. The fraction of sp³-hybridized carbons (Fsp3) is 0.231. The van der Waals surface area contributed by atoms with E-state index >= 15 is 0 Å². The van der Waals surface area contributed by atoms with Gasteiger partial charge in [-0.05, 0) is 55.6 Å². The summed E-state index contributed by atoms with van der Waals surface area (Å²) < 4.78 is 0. The van der Waals surface area contributed by atoms with Crippen molar-refractivity contribution in [3.8, 4) is 22.3 Å². The molecule has 0 bridgehead atoms. The monoisotopic (exact) mass is 870 g/mol. The van der Waals surface area contributed by atoms with E-state index in [-0.39, 0.29) is 43.1 Å². The zero-order valence-electron chi connectivity index (χ0n) is 34.9. The van der Waals surface area contributed by atoms with Crippen molar-refractivity contribution in [2.24, 2.45) is 0 Å². The van der Waals surface area contributed by atoms with Gasteiger partial charge >= 0.3 is 30.2 Å². The molecule has 0 aliphatic rings. The Morgan fingerprint density at radius 2 is 0.839 bits per heavy atom. The Labute approximate surface area is 367 Å².